The molecule has 2 rings (SSSR count). The average molecular weight is 235 g/mol. The van der Waals surface area contributed by atoms with Crippen molar-refractivity contribution in [3.8, 4) is 11.5 Å². The third-order valence-electron chi connectivity index (χ3n) is 1.97. The third kappa shape index (κ3) is 2.54. The van der Waals surface area contributed by atoms with Gasteiger partial charge in [-0.3, -0.25) is 0 Å². The largest absolute Gasteiger partial charge is 0.504 e. The summed E-state index contributed by atoms with van der Waals surface area (Å²) < 4.78 is 10.1. The van der Waals surface area contributed by atoms with Gasteiger partial charge in [0.25, 0.3) is 0 Å². The van der Waals surface area contributed by atoms with E-state index in [9.17, 15) is 9.90 Å². The molecule has 0 spiro atoms. The van der Waals surface area contributed by atoms with Crippen molar-refractivity contribution in [1.29, 1.82) is 0 Å². The summed E-state index contributed by atoms with van der Waals surface area (Å²) in [4.78, 5) is 14.0. The zero-order valence-corrected chi connectivity index (χ0v) is 8.66. The lowest BCUT2D eigenvalue weighted by Gasteiger charge is -2.04. The Bertz CT molecular complexity index is 534. The molecule has 0 aliphatic heterocycles. The number of phenols is 1. The molecule has 88 valence electrons. The van der Waals surface area contributed by atoms with Gasteiger partial charge < -0.3 is 19.4 Å². The zero-order valence-electron chi connectivity index (χ0n) is 8.66. The number of aromatic nitrogens is 1. The van der Waals surface area contributed by atoms with Crippen LogP contribution in [-0.2, 0) is 6.61 Å². The summed E-state index contributed by atoms with van der Waals surface area (Å²) in [5, 5.41) is 18.0. The number of oxazole rings is 1. The zero-order chi connectivity index (χ0) is 12.3. The molecule has 0 aliphatic rings. The lowest BCUT2D eigenvalue weighted by Crippen LogP contribution is -1.96. The summed E-state index contributed by atoms with van der Waals surface area (Å²) in [5.41, 5.74) is 0. The second-order valence-electron chi connectivity index (χ2n) is 3.19. The standard InChI is InChI=1S/C11H9NO5/c13-8-3-1-2-4-9(8)16-6-7-5-12-10(17-7)11(14)15/h1-5,13H,6H2,(H,14,15). The van der Waals surface area contributed by atoms with Crippen LogP contribution >= 0.6 is 0 Å². The molecule has 0 unspecified atom stereocenters. The molecular weight excluding hydrogens is 226 g/mol. The Morgan fingerprint density at radius 3 is 2.82 bits per heavy atom. The van der Waals surface area contributed by atoms with Crippen LogP contribution in [-0.4, -0.2) is 21.2 Å². The Kier molecular flexibility index (Phi) is 2.95. The van der Waals surface area contributed by atoms with E-state index in [0.29, 0.717) is 5.75 Å². The summed E-state index contributed by atoms with van der Waals surface area (Å²) in [6, 6.07) is 6.44. The molecular formula is C11H9NO5. The minimum Gasteiger partial charge on any atom is -0.504 e. The molecule has 2 N–H and O–H groups in total. The summed E-state index contributed by atoms with van der Waals surface area (Å²) >= 11 is 0. The van der Waals surface area contributed by atoms with Crippen LogP contribution in [0, 0.1) is 0 Å². The van der Waals surface area contributed by atoms with Gasteiger partial charge in [-0.25, -0.2) is 9.78 Å². The second-order valence-corrected chi connectivity index (χ2v) is 3.19. The number of carbonyl (C=O) groups is 1. The highest BCUT2D eigenvalue weighted by molar-refractivity contribution is 5.81. The SMILES string of the molecule is O=C(O)c1ncc(COc2ccccc2O)o1. The maximum atomic E-state index is 10.5. The van der Waals surface area contributed by atoms with E-state index in [1.807, 2.05) is 0 Å². The van der Waals surface area contributed by atoms with E-state index in [1.165, 1.54) is 12.3 Å². The quantitative estimate of drug-likeness (QED) is 0.837. The molecule has 0 saturated carbocycles. The predicted octanol–water partition coefficient (Wildman–Crippen LogP) is 1.66. The number of carboxylic acid groups (broad SMARTS) is 1. The van der Waals surface area contributed by atoms with Crippen LogP contribution in [0.4, 0.5) is 0 Å². The van der Waals surface area contributed by atoms with Crippen LogP contribution in [0.25, 0.3) is 0 Å². The molecule has 6 nitrogen and oxygen atoms in total. The molecule has 0 atom stereocenters. The van der Waals surface area contributed by atoms with Gasteiger partial charge in [0.05, 0.1) is 6.20 Å². The van der Waals surface area contributed by atoms with Gasteiger partial charge in [-0.15, -0.1) is 0 Å². The van der Waals surface area contributed by atoms with Crippen molar-refractivity contribution in [3.63, 3.8) is 0 Å². The van der Waals surface area contributed by atoms with Gasteiger partial charge in [-0.05, 0) is 12.1 Å². The molecule has 0 radical (unpaired) electrons. The van der Waals surface area contributed by atoms with Crippen LogP contribution in [0.5, 0.6) is 11.5 Å². The Labute approximate surface area is 96.1 Å². The fraction of sp³-hybridized carbons (Fsp3) is 0.0909. The Morgan fingerprint density at radius 2 is 2.18 bits per heavy atom. The number of carboxylic acids is 1. The number of benzene rings is 1. The molecule has 17 heavy (non-hydrogen) atoms. The van der Waals surface area contributed by atoms with Gasteiger partial charge in [0.15, 0.2) is 17.3 Å². The molecule has 6 heteroatoms. The first kappa shape index (κ1) is 11.0. The first-order valence-corrected chi connectivity index (χ1v) is 4.75. The number of aromatic carboxylic acids is 1. The molecule has 0 bridgehead atoms. The lowest BCUT2D eigenvalue weighted by molar-refractivity contribution is 0.0649. The van der Waals surface area contributed by atoms with Crippen molar-refractivity contribution < 1.29 is 24.2 Å². The summed E-state index contributed by atoms with van der Waals surface area (Å²) in [6.45, 7) is -0.00213. The van der Waals surface area contributed by atoms with E-state index in [1.54, 1.807) is 18.2 Å². The van der Waals surface area contributed by atoms with Crippen LogP contribution in [0.15, 0.2) is 34.9 Å². The molecule has 1 heterocycles. The van der Waals surface area contributed by atoms with Crippen LogP contribution in [0.3, 0.4) is 0 Å². The second kappa shape index (κ2) is 4.56. The fourth-order valence-electron chi connectivity index (χ4n) is 1.20. The van der Waals surface area contributed by atoms with E-state index >= 15 is 0 Å². The Balaban J connectivity index is 2.02. The molecule has 1 aromatic heterocycles. The summed E-state index contributed by atoms with van der Waals surface area (Å²) in [5.74, 6) is -1.06. The minimum atomic E-state index is -1.24. The first-order valence-electron chi connectivity index (χ1n) is 4.75. The van der Waals surface area contributed by atoms with Gasteiger partial charge >= 0.3 is 11.9 Å². The molecule has 2 aromatic rings. The van der Waals surface area contributed by atoms with Crippen molar-refractivity contribution in [3.05, 3.63) is 42.1 Å². The van der Waals surface area contributed by atoms with Crippen LogP contribution in [0.2, 0.25) is 0 Å². The van der Waals surface area contributed by atoms with Gasteiger partial charge in [-0.2, -0.15) is 0 Å². The number of hydrogen-bond donors (Lipinski definition) is 2. The highest BCUT2D eigenvalue weighted by Crippen LogP contribution is 2.25. The van der Waals surface area contributed by atoms with E-state index in [-0.39, 0.29) is 24.0 Å². The summed E-state index contributed by atoms with van der Waals surface area (Å²) in [6.07, 6.45) is 1.27. The third-order valence-corrected chi connectivity index (χ3v) is 1.97. The number of para-hydroxylation sites is 2. The van der Waals surface area contributed by atoms with E-state index in [4.69, 9.17) is 14.3 Å². The minimum absolute atomic E-state index is 0.00213. The molecule has 0 amide bonds. The van der Waals surface area contributed by atoms with Crippen molar-refractivity contribution in [2.45, 2.75) is 6.61 Å². The average Bonchev–Trinajstić information content (AvgIpc) is 2.77. The highest BCUT2D eigenvalue weighted by Gasteiger charge is 2.11. The van der Waals surface area contributed by atoms with Gasteiger partial charge in [0.1, 0.15) is 6.61 Å². The van der Waals surface area contributed by atoms with Crippen molar-refractivity contribution in [2.24, 2.45) is 0 Å². The van der Waals surface area contributed by atoms with E-state index in [0.717, 1.165) is 0 Å². The number of ether oxygens (including phenoxy) is 1. The van der Waals surface area contributed by atoms with E-state index < -0.39 is 5.97 Å². The lowest BCUT2D eigenvalue weighted by atomic mass is 10.3. The maximum Gasteiger partial charge on any atom is 0.392 e. The number of phenolic OH excluding ortho intramolecular Hbond substituents is 1. The van der Waals surface area contributed by atoms with Gasteiger partial charge in [0.2, 0.25) is 0 Å². The Hall–Kier alpha value is -2.50. The maximum absolute atomic E-state index is 10.5. The van der Waals surface area contributed by atoms with Crippen molar-refractivity contribution >= 4 is 5.97 Å². The fourth-order valence-corrected chi connectivity index (χ4v) is 1.20. The Morgan fingerprint density at radius 1 is 1.41 bits per heavy atom. The van der Waals surface area contributed by atoms with Gasteiger partial charge in [0, 0.05) is 0 Å². The normalized spacial score (nSPS) is 10.1. The first-order chi connectivity index (χ1) is 8.16. The van der Waals surface area contributed by atoms with Crippen LogP contribution < -0.4 is 4.74 Å². The smallest absolute Gasteiger partial charge is 0.392 e. The van der Waals surface area contributed by atoms with E-state index in [2.05, 4.69) is 4.98 Å². The highest BCUT2D eigenvalue weighted by atomic mass is 16.5. The molecule has 1 aromatic carbocycles. The van der Waals surface area contributed by atoms with Crippen LogP contribution in [0.1, 0.15) is 16.4 Å². The summed E-state index contributed by atoms with van der Waals surface area (Å²) in [7, 11) is 0. The number of aromatic hydroxyl groups is 1. The molecule has 0 fully saturated rings. The number of hydrogen-bond acceptors (Lipinski definition) is 5. The topological polar surface area (TPSA) is 92.8 Å². The number of rotatable bonds is 4. The predicted molar refractivity (Wildman–Crippen MR) is 55.9 cm³/mol. The molecule has 0 saturated heterocycles. The van der Waals surface area contributed by atoms with Crippen molar-refractivity contribution in [1.82, 2.24) is 4.98 Å². The van der Waals surface area contributed by atoms with Gasteiger partial charge in [-0.1, -0.05) is 12.1 Å². The monoisotopic (exact) mass is 235 g/mol. The molecule has 0 aliphatic carbocycles. The van der Waals surface area contributed by atoms with Crippen molar-refractivity contribution in [2.75, 3.05) is 0 Å². The number of nitrogens with zero attached hydrogens (tertiary/aromatic N) is 1.